The van der Waals surface area contributed by atoms with Crippen molar-refractivity contribution in [3.63, 3.8) is 0 Å². The average molecular weight is 331 g/mol. The number of hydrogen-bond donors (Lipinski definition) is 2. The fourth-order valence-electron chi connectivity index (χ4n) is 2.34. The smallest absolute Gasteiger partial charge is 0.289 e. The van der Waals surface area contributed by atoms with Gasteiger partial charge in [0.05, 0.1) is 6.10 Å². The third-order valence-electron chi connectivity index (χ3n) is 3.51. The Bertz CT molecular complexity index is 617. The molecule has 9 heteroatoms. The molecule has 1 atom stereocenters. The van der Waals surface area contributed by atoms with Crippen LogP contribution in [-0.4, -0.2) is 75.1 Å². The van der Waals surface area contributed by atoms with Gasteiger partial charge in [-0.3, -0.25) is 9.69 Å². The highest BCUT2D eigenvalue weighted by Crippen LogP contribution is 2.16. The first-order valence-corrected chi connectivity index (χ1v) is 8.55. The Kier molecular flexibility index (Phi) is 5.22. The number of β-amino-alcohol motifs (C(OH)–C–C–N with tert-alkyl or cyclic N) is 1. The number of aliphatic hydroxyl groups excluding tert-OH is 1. The quantitative estimate of drug-likeness (QED) is 0.741. The van der Waals surface area contributed by atoms with Gasteiger partial charge in [0, 0.05) is 32.7 Å². The fourth-order valence-corrected chi connectivity index (χ4v) is 2.99. The molecule has 22 heavy (non-hydrogen) atoms. The number of furan rings is 1. The van der Waals surface area contributed by atoms with E-state index in [9.17, 15) is 18.3 Å². The molecule has 8 nitrogen and oxygen atoms in total. The maximum atomic E-state index is 12.3. The zero-order valence-electron chi connectivity index (χ0n) is 12.7. The first-order valence-electron chi connectivity index (χ1n) is 7.06. The highest BCUT2D eigenvalue weighted by molar-refractivity contribution is 7.89. The zero-order valence-corrected chi connectivity index (χ0v) is 13.5. The number of nitrogens with zero attached hydrogens (tertiary/aromatic N) is 2. The summed E-state index contributed by atoms with van der Waals surface area (Å²) >= 11 is 0. The average Bonchev–Trinajstić information content (AvgIpc) is 2.97. The SMILES string of the molecule is CNS(=O)(=O)c1ccc(C(=O)N2CCN(C[C@@H](C)O)CC2)o1. The number of aliphatic hydroxyl groups is 1. The van der Waals surface area contributed by atoms with Crippen LogP contribution in [0.15, 0.2) is 21.6 Å². The maximum Gasteiger partial charge on any atom is 0.289 e. The summed E-state index contributed by atoms with van der Waals surface area (Å²) in [6, 6.07) is 2.64. The molecule has 1 aliphatic heterocycles. The molecular weight excluding hydrogens is 310 g/mol. The van der Waals surface area contributed by atoms with Crippen molar-refractivity contribution in [3.05, 3.63) is 17.9 Å². The third kappa shape index (κ3) is 3.86. The minimum Gasteiger partial charge on any atom is -0.438 e. The van der Waals surface area contributed by atoms with Crippen molar-refractivity contribution in [2.45, 2.75) is 18.1 Å². The van der Waals surface area contributed by atoms with Gasteiger partial charge in [0.2, 0.25) is 5.09 Å². The maximum absolute atomic E-state index is 12.3. The first-order chi connectivity index (χ1) is 10.3. The van der Waals surface area contributed by atoms with Crippen molar-refractivity contribution >= 4 is 15.9 Å². The predicted molar refractivity (Wildman–Crippen MR) is 79.0 cm³/mol. The number of carbonyl (C=O) groups is 1. The molecule has 1 aliphatic rings. The van der Waals surface area contributed by atoms with Gasteiger partial charge in [0.15, 0.2) is 5.76 Å². The molecule has 2 N–H and O–H groups in total. The summed E-state index contributed by atoms with van der Waals surface area (Å²) in [5, 5.41) is 9.09. The van der Waals surface area contributed by atoms with Crippen LogP contribution in [0.25, 0.3) is 0 Å². The van der Waals surface area contributed by atoms with E-state index in [-0.39, 0.29) is 16.8 Å². The number of carbonyl (C=O) groups excluding carboxylic acids is 1. The summed E-state index contributed by atoms with van der Waals surface area (Å²) in [7, 11) is -2.41. The van der Waals surface area contributed by atoms with E-state index in [1.54, 1.807) is 11.8 Å². The molecule has 1 amide bonds. The number of nitrogens with one attached hydrogen (secondary N) is 1. The van der Waals surface area contributed by atoms with Gasteiger partial charge in [-0.1, -0.05) is 0 Å². The van der Waals surface area contributed by atoms with Crippen LogP contribution in [0.3, 0.4) is 0 Å². The molecule has 0 unspecified atom stereocenters. The van der Waals surface area contributed by atoms with E-state index in [0.717, 1.165) is 0 Å². The number of amides is 1. The first kappa shape index (κ1) is 16.9. The van der Waals surface area contributed by atoms with E-state index in [4.69, 9.17) is 4.42 Å². The summed E-state index contributed by atoms with van der Waals surface area (Å²) in [5.41, 5.74) is 0. The summed E-state index contributed by atoms with van der Waals surface area (Å²) in [5.74, 6) is -0.313. The standard InChI is InChI=1S/C13H21N3O5S/c1-10(17)9-15-5-7-16(8-6-15)13(18)11-3-4-12(21-11)22(19,20)14-2/h3-4,10,14,17H,5-9H2,1-2H3/t10-/m1/s1. The Morgan fingerprint density at radius 2 is 2.00 bits per heavy atom. The minimum absolute atomic E-state index is 0.0119. The highest BCUT2D eigenvalue weighted by Gasteiger charge is 2.26. The van der Waals surface area contributed by atoms with Crippen molar-refractivity contribution in [3.8, 4) is 0 Å². The number of piperazine rings is 1. The molecular formula is C13H21N3O5S. The lowest BCUT2D eigenvalue weighted by Crippen LogP contribution is -2.50. The van der Waals surface area contributed by atoms with Crippen molar-refractivity contribution in [2.24, 2.45) is 0 Å². The third-order valence-corrected chi connectivity index (χ3v) is 4.79. The number of rotatable bonds is 5. The lowest BCUT2D eigenvalue weighted by Gasteiger charge is -2.34. The summed E-state index contributed by atoms with van der Waals surface area (Å²) in [6.45, 7) is 4.66. The molecule has 0 saturated carbocycles. The van der Waals surface area contributed by atoms with E-state index in [0.29, 0.717) is 32.7 Å². The van der Waals surface area contributed by atoms with Crippen molar-refractivity contribution in [2.75, 3.05) is 39.8 Å². The van der Waals surface area contributed by atoms with Gasteiger partial charge < -0.3 is 14.4 Å². The molecule has 0 radical (unpaired) electrons. The Hall–Kier alpha value is -1.42. The van der Waals surface area contributed by atoms with Crippen molar-refractivity contribution in [1.82, 2.24) is 14.5 Å². The molecule has 0 aliphatic carbocycles. The van der Waals surface area contributed by atoms with Crippen LogP contribution in [0.1, 0.15) is 17.5 Å². The second-order valence-corrected chi connectivity index (χ2v) is 7.09. The van der Waals surface area contributed by atoms with E-state index in [2.05, 4.69) is 9.62 Å². The Morgan fingerprint density at radius 1 is 1.36 bits per heavy atom. The fraction of sp³-hybridized carbons (Fsp3) is 0.615. The molecule has 2 rings (SSSR count). The molecule has 1 aromatic heterocycles. The van der Waals surface area contributed by atoms with Crippen LogP contribution >= 0.6 is 0 Å². The van der Waals surface area contributed by atoms with Gasteiger partial charge >= 0.3 is 0 Å². The normalized spacial score (nSPS) is 18.4. The van der Waals surface area contributed by atoms with Gasteiger partial charge in [0.25, 0.3) is 15.9 Å². The summed E-state index contributed by atoms with van der Waals surface area (Å²) in [6.07, 6.45) is -0.401. The summed E-state index contributed by atoms with van der Waals surface area (Å²) in [4.78, 5) is 16.0. The van der Waals surface area contributed by atoms with E-state index < -0.39 is 16.1 Å². The van der Waals surface area contributed by atoms with Crippen LogP contribution < -0.4 is 4.72 Å². The molecule has 1 aromatic rings. The molecule has 1 fully saturated rings. The molecule has 0 spiro atoms. The second-order valence-electron chi connectivity index (χ2n) is 5.27. The molecule has 2 heterocycles. The number of hydrogen-bond acceptors (Lipinski definition) is 6. The second kappa shape index (κ2) is 6.78. The topological polar surface area (TPSA) is 103 Å². The van der Waals surface area contributed by atoms with Crippen LogP contribution in [0.2, 0.25) is 0 Å². The van der Waals surface area contributed by atoms with Crippen molar-refractivity contribution < 1.29 is 22.7 Å². The van der Waals surface area contributed by atoms with Gasteiger partial charge in [-0.25, -0.2) is 13.1 Å². The Labute approximate surface area is 129 Å². The van der Waals surface area contributed by atoms with Gasteiger partial charge in [-0.05, 0) is 26.1 Å². The lowest BCUT2D eigenvalue weighted by atomic mass is 10.2. The van der Waals surface area contributed by atoms with Gasteiger partial charge in [-0.2, -0.15) is 0 Å². The summed E-state index contributed by atoms with van der Waals surface area (Å²) < 4.78 is 30.5. The van der Waals surface area contributed by atoms with Gasteiger partial charge in [-0.15, -0.1) is 0 Å². The molecule has 0 aromatic carbocycles. The number of sulfonamides is 1. The van der Waals surface area contributed by atoms with Crippen LogP contribution in [0.5, 0.6) is 0 Å². The monoisotopic (exact) mass is 331 g/mol. The van der Waals surface area contributed by atoms with E-state index in [1.165, 1.54) is 19.2 Å². The predicted octanol–water partition coefficient (Wildman–Crippen LogP) is -0.674. The van der Waals surface area contributed by atoms with Crippen LogP contribution in [0.4, 0.5) is 0 Å². The highest BCUT2D eigenvalue weighted by atomic mass is 32.2. The van der Waals surface area contributed by atoms with Crippen LogP contribution in [0, 0.1) is 0 Å². The lowest BCUT2D eigenvalue weighted by molar-refractivity contribution is 0.0523. The Morgan fingerprint density at radius 3 is 2.55 bits per heavy atom. The van der Waals surface area contributed by atoms with Crippen LogP contribution in [-0.2, 0) is 10.0 Å². The van der Waals surface area contributed by atoms with Gasteiger partial charge in [0.1, 0.15) is 0 Å². The largest absolute Gasteiger partial charge is 0.438 e. The zero-order chi connectivity index (χ0) is 16.3. The Balaban J connectivity index is 1.99. The molecule has 1 saturated heterocycles. The minimum atomic E-state index is -3.69. The molecule has 124 valence electrons. The van der Waals surface area contributed by atoms with E-state index in [1.807, 2.05) is 0 Å². The molecule has 0 bridgehead atoms. The van der Waals surface area contributed by atoms with E-state index >= 15 is 0 Å². The van der Waals surface area contributed by atoms with Crippen molar-refractivity contribution in [1.29, 1.82) is 0 Å².